The molecule has 0 aromatic heterocycles. The smallest absolute Gasteiger partial charge is 0.163 e. The Morgan fingerprint density at radius 1 is 1.27 bits per heavy atom. The van der Waals surface area contributed by atoms with Gasteiger partial charge in [-0.25, -0.2) is 0 Å². The third-order valence-electron chi connectivity index (χ3n) is 3.41. The zero-order valence-electron chi connectivity index (χ0n) is 9.49. The maximum atomic E-state index is 11.9. The van der Waals surface area contributed by atoms with Crippen LogP contribution in [0.5, 0.6) is 0 Å². The normalized spacial score (nSPS) is 23.9. The molecule has 2 atom stereocenters. The van der Waals surface area contributed by atoms with Gasteiger partial charge < -0.3 is 0 Å². The van der Waals surface area contributed by atoms with Gasteiger partial charge in [0.25, 0.3) is 0 Å². The van der Waals surface area contributed by atoms with Gasteiger partial charge in [0.05, 0.1) is 0 Å². The van der Waals surface area contributed by atoms with E-state index in [1.54, 1.807) is 0 Å². The molecule has 0 saturated heterocycles. The third kappa shape index (κ3) is 2.47. The van der Waals surface area contributed by atoms with Gasteiger partial charge in [0.1, 0.15) is 0 Å². The standard InChI is InChI=1S/C14H18O/c1-3-11-8-13(11)9-14(15)12-6-4-10(2)5-7-12/h4-7,11,13H,3,8-9H2,1-2H3. The minimum Gasteiger partial charge on any atom is -0.294 e. The molecule has 1 aromatic rings. The molecule has 2 unspecified atom stereocenters. The van der Waals surface area contributed by atoms with Gasteiger partial charge in [-0.15, -0.1) is 0 Å². The van der Waals surface area contributed by atoms with Crippen molar-refractivity contribution in [3.05, 3.63) is 35.4 Å². The van der Waals surface area contributed by atoms with E-state index in [9.17, 15) is 4.79 Å². The largest absolute Gasteiger partial charge is 0.294 e. The molecule has 1 nitrogen and oxygen atoms in total. The molecule has 1 fully saturated rings. The van der Waals surface area contributed by atoms with Gasteiger partial charge in [-0.05, 0) is 25.2 Å². The first-order valence-corrected chi connectivity index (χ1v) is 5.80. The van der Waals surface area contributed by atoms with Crippen LogP contribution in [0.2, 0.25) is 0 Å². The molecule has 1 aromatic carbocycles. The van der Waals surface area contributed by atoms with E-state index in [1.165, 1.54) is 18.4 Å². The van der Waals surface area contributed by atoms with Crippen molar-refractivity contribution < 1.29 is 4.79 Å². The minimum absolute atomic E-state index is 0.316. The number of carbonyl (C=O) groups excluding carboxylic acids is 1. The number of hydrogen-bond acceptors (Lipinski definition) is 1. The average Bonchev–Trinajstić information content (AvgIpc) is 2.97. The number of aryl methyl sites for hydroxylation is 1. The molecular weight excluding hydrogens is 184 g/mol. The number of Topliss-reactive ketones (excluding diaryl/α,β-unsaturated/α-hetero) is 1. The highest BCUT2D eigenvalue weighted by atomic mass is 16.1. The van der Waals surface area contributed by atoms with Crippen molar-refractivity contribution in [2.75, 3.05) is 0 Å². The lowest BCUT2D eigenvalue weighted by Gasteiger charge is -2.00. The second kappa shape index (κ2) is 4.18. The molecule has 0 aliphatic heterocycles. The average molecular weight is 202 g/mol. The van der Waals surface area contributed by atoms with Crippen LogP contribution in [0.15, 0.2) is 24.3 Å². The Labute approximate surface area is 91.5 Å². The quantitative estimate of drug-likeness (QED) is 0.682. The zero-order chi connectivity index (χ0) is 10.8. The maximum Gasteiger partial charge on any atom is 0.163 e. The Kier molecular flexibility index (Phi) is 2.90. The van der Waals surface area contributed by atoms with E-state index in [4.69, 9.17) is 0 Å². The van der Waals surface area contributed by atoms with Crippen molar-refractivity contribution >= 4 is 5.78 Å². The Morgan fingerprint density at radius 3 is 2.47 bits per heavy atom. The molecule has 0 spiro atoms. The van der Waals surface area contributed by atoms with Gasteiger partial charge in [0, 0.05) is 12.0 Å². The predicted molar refractivity (Wildman–Crippen MR) is 62.0 cm³/mol. The Morgan fingerprint density at radius 2 is 1.93 bits per heavy atom. The maximum absolute atomic E-state index is 11.9. The van der Waals surface area contributed by atoms with E-state index >= 15 is 0 Å². The van der Waals surface area contributed by atoms with Gasteiger partial charge >= 0.3 is 0 Å². The number of ketones is 1. The molecular formula is C14H18O. The van der Waals surface area contributed by atoms with Crippen LogP contribution >= 0.6 is 0 Å². The minimum atomic E-state index is 0.316. The van der Waals surface area contributed by atoms with Gasteiger partial charge in [-0.2, -0.15) is 0 Å². The van der Waals surface area contributed by atoms with Gasteiger partial charge in [-0.1, -0.05) is 43.2 Å². The monoisotopic (exact) mass is 202 g/mol. The summed E-state index contributed by atoms with van der Waals surface area (Å²) in [6, 6.07) is 7.91. The first kappa shape index (κ1) is 10.4. The predicted octanol–water partition coefficient (Wildman–Crippen LogP) is 3.61. The fourth-order valence-corrected chi connectivity index (χ4v) is 2.16. The van der Waals surface area contributed by atoms with E-state index < -0.39 is 0 Å². The molecule has 15 heavy (non-hydrogen) atoms. The molecule has 0 heterocycles. The first-order chi connectivity index (χ1) is 7.20. The van der Waals surface area contributed by atoms with E-state index in [-0.39, 0.29) is 0 Å². The van der Waals surface area contributed by atoms with Crippen LogP contribution in [0, 0.1) is 18.8 Å². The second-order valence-corrected chi connectivity index (χ2v) is 4.66. The van der Waals surface area contributed by atoms with Crippen molar-refractivity contribution in [2.45, 2.75) is 33.1 Å². The van der Waals surface area contributed by atoms with Crippen molar-refractivity contribution in [1.82, 2.24) is 0 Å². The molecule has 0 bridgehead atoms. The van der Waals surface area contributed by atoms with Crippen LogP contribution in [0.3, 0.4) is 0 Å². The summed E-state index contributed by atoms with van der Waals surface area (Å²) in [7, 11) is 0. The van der Waals surface area contributed by atoms with Gasteiger partial charge in [0.2, 0.25) is 0 Å². The van der Waals surface area contributed by atoms with E-state index in [2.05, 4.69) is 6.92 Å². The molecule has 1 saturated carbocycles. The third-order valence-corrected chi connectivity index (χ3v) is 3.41. The summed E-state index contributed by atoms with van der Waals surface area (Å²) in [5, 5.41) is 0. The van der Waals surface area contributed by atoms with Gasteiger partial charge in [0.15, 0.2) is 5.78 Å². The molecule has 80 valence electrons. The number of carbonyl (C=O) groups is 1. The van der Waals surface area contributed by atoms with Crippen LogP contribution in [0.1, 0.15) is 42.1 Å². The Hall–Kier alpha value is -1.11. The Bertz CT molecular complexity index is 350. The highest BCUT2D eigenvalue weighted by Crippen LogP contribution is 2.44. The fraction of sp³-hybridized carbons (Fsp3) is 0.500. The molecule has 0 radical (unpaired) electrons. The summed E-state index contributed by atoms with van der Waals surface area (Å²) >= 11 is 0. The van der Waals surface area contributed by atoms with Crippen molar-refractivity contribution in [1.29, 1.82) is 0 Å². The SMILES string of the molecule is CCC1CC1CC(=O)c1ccc(C)cc1. The van der Waals surface area contributed by atoms with Crippen molar-refractivity contribution in [3.8, 4) is 0 Å². The van der Waals surface area contributed by atoms with E-state index in [1.807, 2.05) is 31.2 Å². The summed E-state index contributed by atoms with van der Waals surface area (Å²) in [5.41, 5.74) is 2.09. The fourth-order valence-electron chi connectivity index (χ4n) is 2.16. The number of hydrogen-bond donors (Lipinski definition) is 0. The van der Waals surface area contributed by atoms with Crippen LogP contribution < -0.4 is 0 Å². The second-order valence-electron chi connectivity index (χ2n) is 4.66. The van der Waals surface area contributed by atoms with Gasteiger partial charge in [-0.3, -0.25) is 4.79 Å². The molecule has 1 aliphatic rings. The summed E-state index contributed by atoms with van der Waals surface area (Å²) in [5.74, 6) is 1.80. The van der Waals surface area contributed by atoms with E-state index in [0.29, 0.717) is 11.7 Å². The summed E-state index contributed by atoms with van der Waals surface area (Å²) in [4.78, 5) is 11.9. The lowest BCUT2D eigenvalue weighted by Crippen LogP contribution is -2.00. The van der Waals surface area contributed by atoms with Crippen LogP contribution in [-0.2, 0) is 0 Å². The number of benzene rings is 1. The van der Waals surface area contributed by atoms with Crippen LogP contribution in [0.25, 0.3) is 0 Å². The summed E-state index contributed by atoms with van der Waals surface area (Å²) in [6.45, 7) is 4.25. The Balaban J connectivity index is 1.94. The van der Waals surface area contributed by atoms with Crippen LogP contribution in [-0.4, -0.2) is 5.78 Å². The molecule has 1 heteroatoms. The lowest BCUT2D eigenvalue weighted by atomic mass is 10.0. The highest BCUT2D eigenvalue weighted by molar-refractivity contribution is 5.96. The molecule has 0 amide bonds. The molecule has 0 N–H and O–H groups in total. The topological polar surface area (TPSA) is 17.1 Å². The van der Waals surface area contributed by atoms with E-state index in [0.717, 1.165) is 17.9 Å². The zero-order valence-corrected chi connectivity index (χ0v) is 9.49. The summed E-state index contributed by atoms with van der Waals surface area (Å²) < 4.78 is 0. The lowest BCUT2D eigenvalue weighted by molar-refractivity contribution is 0.0974. The molecule has 1 aliphatic carbocycles. The van der Waals surface area contributed by atoms with Crippen LogP contribution in [0.4, 0.5) is 0 Å². The van der Waals surface area contributed by atoms with Crippen molar-refractivity contribution in [3.63, 3.8) is 0 Å². The summed E-state index contributed by atoms with van der Waals surface area (Å²) in [6.07, 6.45) is 3.24. The number of rotatable bonds is 4. The molecule has 2 rings (SSSR count). The highest BCUT2D eigenvalue weighted by Gasteiger charge is 2.36. The first-order valence-electron chi connectivity index (χ1n) is 5.80. The van der Waals surface area contributed by atoms with Crippen molar-refractivity contribution in [2.24, 2.45) is 11.8 Å².